The molecule has 0 radical (unpaired) electrons. The molecule has 10 heteroatoms. The fourth-order valence-electron chi connectivity index (χ4n) is 4.20. The van der Waals surface area contributed by atoms with E-state index in [0.717, 1.165) is 10.4 Å². The van der Waals surface area contributed by atoms with E-state index in [4.69, 9.17) is 9.47 Å². The molecule has 1 atom stereocenters. The molecule has 4 aromatic rings. The highest BCUT2D eigenvalue weighted by molar-refractivity contribution is 7.10. The van der Waals surface area contributed by atoms with E-state index < -0.39 is 12.0 Å². The first-order valence-electron chi connectivity index (χ1n) is 12.3. The topological polar surface area (TPSA) is 99.0 Å². The molecule has 1 unspecified atom stereocenters. The fraction of sp³-hybridized carbons (Fsp3) is 0.172. The number of rotatable bonds is 8. The second-order valence-corrected chi connectivity index (χ2v) is 10.6. The first-order valence-corrected chi connectivity index (χ1v) is 13.9. The molecule has 39 heavy (non-hydrogen) atoms. The highest BCUT2D eigenvalue weighted by atomic mass is 32.1. The van der Waals surface area contributed by atoms with Crippen molar-refractivity contribution in [2.45, 2.75) is 19.9 Å². The van der Waals surface area contributed by atoms with Crippen LogP contribution in [0, 0.1) is 0 Å². The molecule has 2 aromatic heterocycles. The largest absolute Gasteiger partial charge is 0.482 e. The van der Waals surface area contributed by atoms with Gasteiger partial charge in [-0.3, -0.25) is 14.2 Å². The van der Waals surface area contributed by atoms with Gasteiger partial charge in [-0.15, -0.1) is 11.3 Å². The number of carbonyl (C=O) groups is 2. The van der Waals surface area contributed by atoms with Gasteiger partial charge in [-0.2, -0.15) is 0 Å². The lowest BCUT2D eigenvalue weighted by Crippen LogP contribution is -2.40. The molecule has 0 spiro atoms. The Hall–Kier alpha value is -4.28. The van der Waals surface area contributed by atoms with Gasteiger partial charge in [0.1, 0.15) is 11.8 Å². The minimum Gasteiger partial charge on any atom is -0.482 e. The number of hydrogen-bond acceptors (Lipinski definition) is 8. The predicted molar refractivity (Wildman–Crippen MR) is 152 cm³/mol. The molecule has 1 N–H and O–H groups in total. The van der Waals surface area contributed by atoms with Gasteiger partial charge in [-0.25, -0.2) is 9.79 Å². The Balaban J connectivity index is 1.48. The first kappa shape index (κ1) is 26.3. The highest BCUT2D eigenvalue weighted by Crippen LogP contribution is 2.33. The Morgan fingerprint density at radius 2 is 1.85 bits per heavy atom. The van der Waals surface area contributed by atoms with E-state index >= 15 is 0 Å². The quantitative estimate of drug-likeness (QED) is 0.331. The summed E-state index contributed by atoms with van der Waals surface area (Å²) in [6.45, 7) is 3.66. The zero-order valence-electron chi connectivity index (χ0n) is 21.2. The number of carbonyl (C=O) groups excluding carboxylic acids is 2. The summed E-state index contributed by atoms with van der Waals surface area (Å²) in [5.41, 5.74) is 2.23. The molecule has 0 saturated carbocycles. The van der Waals surface area contributed by atoms with E-state index in [2.05, 4.69) is 10.3 Å². The van der Waals surface area contributed by atoms with Gasteiger partial charge < -0.3 is 14.8 Å². The predicted octanol–water partition coefficient (Wildman–Crippen LogP) is 3.88. The monoisotopic (exact) mass is 559 g/mol. The lowest BCUT2D eigenvalue weighted by Gasteiger charge is -2.24. The van der Waals surface area contributed by atoms with E-state index in [-0.39, 0.29) is 18.1 Å². The molecule has 1 aliphatic rings. The number of thiazole rings is 1. The van der Waals surface area contributed by atoms with Crippen LogP contribution in [0.3, 0.4) is 0 Å². The molecule has 3 heterocycles. The lowest BCUT2D eigenvalue weighted by atomic mass is 10.0. The highest BCUT2D eigenvalue weighted by Gasteiger charge is 2.33. The SMILES string of the molecule is CCOC(=O)COc1ccc(/C=c2\sc3n(c2=O)C(c2cccs2)C(C(=O)Nc2ccccc2)=C(C)N=3)cc1. The number of allylic oxidation sites excluding steroid dienone is 1. The smallest absolute Gasteiger partial charge is 0.344 e. The van der Waals surface area contributed by atoms with Gasteiger partial charge in [0, 0.05) is 10.6 Å². The molecule has 1 amide bonds. The molecule has 8 nitrogen and oxygen atoms in total. The van der Waals surface area contributed by atoms with Crippen molar-refractivity contribution in [2.75, 3.05) is 18.5 Å². The molecule has 0 aliphatic carbocycles. The number of anilines is 1. The number of ether oxygens (including phenoxy) is 2. The number of amides is 1. The van der Waals surface area contributed by atoms with E-state index in [9.17, 15) is 14.4 Å². The molecule has 5 rings (SSSR count). The third-order valence-electron chi connectivity index (χ3n) is 5.95. The minimum atomic E-state index is -0.592. The molecule has 198 valence electrons. The maximum absolute atomic E-state index is 13.7. The van der Waals surface area contributed by atoms with Crippen molar-refractivity contribution in [3.63, 3.8) is 0 Å². The summed E-state index contributed by atoms with van der Waals surface area (Å²) in [7, 11) is 0. The van der Waals surface area contributed by atoms with Crippen LogP contribution in [0.5, 0.6) is 5.75 Å². The average molecular weight is 560 g/mol. The van der Waals surface area contributed by atoms with Crippen LogP contribution in [0.25, 0.3) is 6.08 Å². The maximum Gasteiger partial charge on any atom is 0.344 e. The summed E-state index contributed by atoms with van der Waals surface area (Å²) >= 11 is 2.77. The van der Waals surface area contributed by atoms with E-state index in [1.807, 2.05) is 47.8 Å². The van der Waals surface area contributed by atoms with Gasteiger partial charge in [0.2, 0.25) is 0 Å². The fourth-order valence-corrected chi connectivity index (χ4v) is 6.07. The number of nitrogens with one attached hydrogen (secondary N) is 1. The molecular formula is C29H25N3O5S2. The summed E-state index contributed by atoms with van der Waals surface area (Å²) in [6.07, 6.45) is 1.79. The van der Waals surface area contributed by atoms with Crippen LogP contribution >= 0.6 is 22.7 Å². The van der Waals surface area contributed by atoms with E-state index in [0.29, 0.717) is 38.6 Å². The van der Waals surface area contributed by atoms with E-state index in [1.54, 1.807) is 48.8 Å². The molecule has 1 aliphatic heterocycles. The van der Waals surface area contributed by atoms with Crippen LogP contribution in [0.2, 0.25) is 0 Å². The number of nitrogens with zero attached hydrogens (tertiary/aromatic N) is 2. The van der Waals surface area contributed by atoms with Crippen molar-refractivity contribution >= 4 is 46.3 Å². The van der Waals surface area contributed by atoms with Gasteiger partial charge in [0.05, 0.1) is 22.4 Å². The Kier molecular flexibility index (Phi) is 7.85. The van der Waals surface area contributed by atoms with Crippen molar-refractivity contribution < 1.29 is 19.1 Å². The lowest BCUT2D eigenvalue weighted by molar-refractivity contribution is -0.145. The Labute approximate surface area is 232 Å². The molecular weight excluding hydrogens is 534 g/mol. The first-order chi connectivity index (χ1) is 18.9. The van der Waals surface area contributed by atoms with Gasteiger partial charge in [0.15, 0.2) is 11.4 Å². The van der Waals surface area contributed by atoms with Gasteiger partial charge in [-0.1, -0.05) is 47.7 Å². The summed E-state index contributed by atoms with van der Waals surface area (Å²) in [5, 5.41) is 4.88. The number of esters is 1. The zero-order valence-corrected chi connectivity index (χ0v) is 22.9. The summed E-state index contributed by atoms with van der Waals surface area (Å²) in [5.74, 6) is -0.215. The Morgan fingerprint density at radius 3 is 2.54 bits per heavy atom. The summed E-state index contributed by atoms with van der Waals surface area (Å²) in [4.78, 5) is 44.8. The standard InChI is InChI=1S/C29H25N3O5S2/c1-3-36-24(33)17-37-21-13-11-19(12-14-21)16-23-28(35)32-26(22-10-7-15-38-22)25(18(2)30-29(32)39-23)27(34)31-20-8-5-4-6-9-20/h4-16,26H,3,17H2,1-2H3,(H,31,34)/b23-16-. The van der Waals surface area contributed by atoms with Crippen LogP contribution in [0.1, 0.15) is 30.3 Å². The minimum absolute atomic E-state index is 0.173. The third kappa shape index (κ3) is 5.76. The van der Waals surface area contributed by atoms with Crippen molar-refractivity contribution in [1.29, 1.82) is 0 Å². The number of thiophene rings is 1. The number of fused-ring (bicyclic) bond motifs is 1. The molecule has 0 bridgehead atoms. The van der Waals surface area contributed by atoms with Crippen LogP contribution < -0.4 is 24.9 Å². The Bertz CT molecular complexity index is 1700. The molecule has 0 saturated heterocycles. The molecule has 0 fully saturated rings. The van der Waals surface area contributed by atoms with Crippen molar-refractivity contribution in [3.05, 3.63) is 114 Å². The van der Waals surface area contributed by atoms with Crippen molar-refractivity contribution in [2.24, 2.45) is 4.99 Å². The van der Waals surface area contributed by atoms with E-state index in [1.165, 1.54) is 22.7 Å². The second-order valence-electron chi connectivity index (χ2n) is 8.58. The average Bonchev–Trinajstić information content (AvgIpc) is 3.57. The van der Waals surface area contributed by atoms with Crippen molar-refractivity contribution in [3.8, 4) is 5.75 Å². The van der Waals surface area contributed by atoms with Crippen LogP contribution in [-0.4, -0.2) is 29.7 Å². The Morgan fingerprint density at radius 1 is 1.08 bits per heavy atom. The zero-order chi connectivity index (χ0) is 27.4. The summed E-state index contributed by atoms with van der Waals surface area (Å²) < 4.78 is 12.4. The third-order valence-corrected chi connectivity index (χ3v) is 7.86. The van der Waals surface area contributed by atoms with Crippen LogP contribution in [0.4, 0.5) is 5.69 Å². The number of hydrogen-bond donors (Lipinski definition) is 1. The van der Waals surface area contributed by atoms with Crippen LogP contribution in [0.15, 0.2) is 93.2 Å². The maximum atomic E-state index is 13.7. The number of aromatic nitrogens is 1. The number of benzene rings is 2. The van der Waals surface area contributed by atoms with Gasteiger partial charge >= 0.3 is 5.97 Å². The summed E-state index contributed by atoms with van der Waals surface area (Å²) in [6, 6.07) is 19.5. The number of para-hydroxylation sites is 1. The second kappa shape index (κ2) is 11.6. The normalized spacial score (nSPS) is 14.9. The van der Waals surface area contributed by atoms with Crippen molar-refractivity contribution in [1.82, 2.24) is 4.57 Å². The van der Waals surface area contributed by atoms with Crippen LogP contribution in [-0.2, 0) is 14.3 Å². The van der Waals surface area contributed by atoms with Gasteiger partial charge in [-0.05, 0) is 61.2 Å². The molecule has 2 aromatic carbocycles. The van der Waals surface area contributed by atoms with Gasteiger partial charge in [0.25, 0.3) is 11.5 Å².